The lowest BCUT2D eigenvalue weighted by molar-refractivity contribution is -0.141. The average Bonchev–Trinajstić information content (AvgIpc) is 3.05. The molecule has 1 amide bonds. The summed E-state index contributed by atoms with van der Waals surface area (Å²) in [5, 5.41) is 6.00. The highest BCUT2D eigenvalue weighted by molar-refractivity contribution is 7.92. The molecule has 2 aromatic rings. The van der Waals surface area contributed by atoms with E-state index in [2.05, 4.69) is 9.82 Å². The van der Waals surface area contributed by atoms with Crippen LogP contribution in [0.1, 0.15) is 44.4 Å². The van der Waals surface area contributed by atoms with Gasteiger partial charge in [0.25, 0.3) is 0 Å². The predicted molar refractivity (Wildman–Crippen MR) is 112 cm³/mol. The Hall–Kier alpha value is -2.74. The predicted octanol–water partition coefficient (Wildman–Crippen LogP) is 3.92. The van der Waals surface area contributed by atoms with Crippen LogP contribution in [0.2, 0.25) is 0 Å². The van der Waals surface area contributed by atoms with Crippen molar-refractivity contribution in [3.8, 4) is 0 Å². The summed E-state index contributed by atoms with van der Waals surface area (Å²) < 4.78 is 39.4. The third-order valence-electron chi connectivity index (χ3n) is 4.55. The summed E-state index contributed by atoms with van der Waals surface area (Å²) in [4.78, 5) is 13.0. The van der Waals surface area contributed by atoms with Crippen LogP contribution in [0.3, 0.4) is 0 Å². The Bertz CT molecular complexity index is 1060. The van der Waals surface area contributed by atoms with Crippen LogP contribution in [0, 0.1) is 11.2 Å². The second kappa shape index (κ2) is 7.59. The summed E-state index contributed by atoms with van der Waals surface area (Å²) in [6.07, 6.45) is 1.47. The van der Waals surface area contributed by atoms with Gasteiger partial charge in [-0.05, 0) is 23.8 Å². The van der Waals surface area contributed by atoms with Gasteiger partial charge < -0.3 is 0 Å². The third-order valence-corrected chi connectivity index (χ3v) is 5.14. The molecule has 1 atom stereocenters. The lowest BCUT2D eigenvalue weighted by Gasteiger charge is -2.28. The van der Waals surface area contributed by atoms with E-state index in [4.69, 9.17) is 0 Å². The number of hydrazone groups is 1. The Labute approximate surface area is 170 Å². The number of hydrogen-bond donors (Lipinski definition) is 1. The molecule has 6 nitrogen and oxygen atoms in total. The highest BCUT2D eigenvalue weighted by Gasteiger charge is 2.38. The number of sulfonamides is 1. The molecule has 8 heteroatoms. The maximum absolute atomic E-state index is 13.4. The largest absolute Gasteiger partial charge is 0.283 e. The molecule has 1 aliphatic rings. The standard InChI is InChI=1S/C21H24FN3O3S/c1-21(2,3)20(26)25-19(14-9-11-15(22)12-10-14)13-18(23-25)16-7-5-6-8-17(16)24-29(4,27)28/h5-12,19,24H,13H2,1-4H3/t19-/m1/s1. The van der Waals surface area contributed by atoms with Crippen molar-refractivity contribution in [3.63, 3.8) is 0 Å². The minimum Gasteiger partial charge on any atom is -0.283 e. The van der Waals surface area contributed by atoms with Gasteiger partial charge in [0, 0.05) is 17.4 Å². The van der Waals surface area contributed by atoms with Crippen LogP contribution < -0.4 is 4.72 Å². The summed E-state index contributed by atoms with van der Waals surface area (Å²) in [7, 11) is -3.48. The van der Waals surface area contributed by atoms with E-state index in [1.54, 1.807) is 36.4 Å². The van der Waals surface area contributed by atoms with E-state index < -0.39 is 21.5 Å². The van der Waals surface area contributed by atoms with Gasteiger partial charge in [-0.3, -0.25) is 9.52 Å². The second-order valence-corrected chi connectivity index (χ2v) is 9.89. The molecule has 29 heavy (non-hydrogen) atoms. The smallest absolute Gasteiger partial charge is 0.248 e. The number of amides is 1. The van der Waals surface area contributed by atoms with Crippen molar-refractivity contribution in [2.45, 2.75) is 33.2 Å². The molecule has 0 unspecified atom stereocenters. The first-order valence-corrected chi connectivity index (χ1v) is 11.1. The number of benzene rings is 2. The number of nitrogens with zero attached hydrogens (tertiary/aromatic N) is 2. The summed E-state index contributed by atoms with van der Waals surface area (Å²) in [6.45, 7) is 5.43. The molecule has 0 aromatic heterocycles. The van der Waals surface area contributed by atoms with Gasteiger partial charge in [0.15, 0.2) is 0 Å². The van der Waals surface area contributed by atoms with E-state index in [-0.39, 0.29) is 11.7 Å². The monoisotopic (exact) mass is 417 g/mol. The Morgan fingerprint density at radius 3 is 2.34 bits per heavy atom. The number of rotatable bonds is 4. The van der Waals surface area contributed by atoms with Crippen LogP contribution in [0.15, 0.2) is 53.6 Å². The molecule has 3 rings (SSSR count). The van der Waals surface area contributed by atoms with Gasteiger partial charge in [0.2, 0.25) is 15.9 Å². The molecule has 1 heterocycles. The van der Waals surface area contributed by atoms with Crippen LogP contribution >= 0.6 is 0 Å². The quantitative estimate of drug-likeness (QED) is 0.819. The Balaban J connectivity index is 2.05. The van der Waals surface area contributed by atoms with Gasteiger partial charge in [-0.1, -0.05) is 51.1 Å². The Morgan fingerprint density at radius 1 is 1.14 bits per heavy atom. The van der Waals surface area contributed by atoms with Gasteiger partial charge >= 0.3 is 0 Å². The van der Waals surface area contributed by atoms with Gasteiger partial charge in [0.1, 0.15) is 5.82 Å². The molecule has 0 bridgehead atoms. The van der Waals surface area contributed by atoms with Crippen LogP contribution in [-0.4, -0.2) is 31.3 Å². The maximum Gasteiger partial charge on any atom is 0.248 e. The molecule has 2 aromatic carbocycles. The van der Waals surface area contributed by atoms with Crippen molar-refractivity contribution < 1.29 is 17.6 Å². The molecule has 0 radical (unpaired) electrons. The fourth-order valence-electron chi connectivity index (χ4n) is 3.17. The fourth-order valence-corrected chi connectivity index (χ4v) is 3.75. The second-order valence-electron chi connectivity index (χ2n) is 8.14. The van der Waals surface area contributed by atoms with Crippen molar-refractivity contribution in [1.29, 1.82) is 0 Å². The van der Waals surface area contributed by atoms with Gasteiger partial charge in [0.05, 0.1) is 23.7 Å². The van der Waals surface area contributed by atoms with Crippen LogP contribution in [0.4, 0.5) is 10.1 Å². The number of para-hydroxylation sites is 1. The molecule has 0 saturated heterocycles. The Morgan fingerprint density at radius 2 is 1.76 bits per heavy atom. The number of carbonyl (C=O) groups is 1. The zero-order chi connectivity index (χ0) is 21.4. The average molecular weight is 418 g/mol. The topological polar surface area (TPSA) is 78.8 Å². The number of nitrogens with one attached hydrogen (secondary N) is 1. The van der Waals surface area contributed by atoms with Crippen LogP contribution in [0.25, 0.3) is 0 Å². The van der Waals surface area contributed by atoms with Gasteiger partial charge in [-0.2, -0.15) is 5.10 Å². The van der Waals surface area contributed by atoms with E-state index in [1.807, 2.05) is 20.8 Å². The van der Waals surface area contributed by atoms with E-state index >= 15 is 0 Å². The third kappa shape index (κ3) is 4.82. The zero-order valence-corrected chi connectivity index (χ0v) is 17.6. The molecule has 0 saturated carbocycles. The first kappa shape index (κ1) is 21.0. The van der Waals surface area contributed by atoms with Gasteiger partial charge in [-0.25, -0.2) is 17.8 Å². The summed E-state index contributed by atoms with van der Waals surface area (Å²) in [5.74, 6) is -0.528. The maximum atomic E-state index is 13.4. The molecule has 154 valence electrons. The lowest BCUT2D eigenvalue weighted by Crippen LogP contribution is -2.36. The fraction of sp³-hybridized carbons (Fsp3) is 0.333. The van der Waals surface area contributed by atoms with Crippen LogP contribution in [-0.2, 0) is 14.8 Å². The first-order chi connectivity index (χ1) is 13.5. The number of carbonyl (C=O) groups excluding carboxylic acids is 1. The summed E-state index contributed by atoms with van der Waals surface area (Å²) >= 11 is 0. The molecule has 0 aliphatic carbocycles. The van der Waals surface area contributed by atoms with E-state index in [9.17, 15) is 17.6 Å². The Kier molecular flexibility index (Phi) is 5.49. The number of anilines is 1. The minimum absolute atomic E-state index is 0.171. The molecular formula is C21H24FN3O3S. The zero-order valence-electron chi connectivity index (χ0n) is 16.8. The van der Waals surface area contributed by atoms with Crippen molar-refractivity contribution in [2.24, 2.45) is 10.5 Å². The SMILES string of the molecule is CC(C)(C)C(=O)N1N=C(c2ccccc2NS(C)(=O)=O)C[C@@H]1c1ccc(F)cc1. The van der Waals surface area contributed by atoms with Crippen molar-refractivity contribution in [2.75, 3.05) is 11.0 Å². The summed E-state index contributed by atoms with van der Waals surface area (Å²) in [6, 6.07) is 12.5. The molecule has 0 spiro atoms. The van der Waals surface area contributed by atoms with Crippen molar-refractivity contribution in [3.05, 3.63) is 65.5 Å². The number of hydrogen-bond acceptors (Lipinski definition) is 4. The van der Waals surface area contributed by atoms with Crippen molar-refractivity contribution in [1.82, 2.24) is 5.01 Å². The highest BCUT2D eigenvalue weighted by atomic mass is 32.2. The van der Waals surface area contributed by atoms with Crippen molar-refractivity contribution >= 4 is 27.3 Å². The van der Waals surface area contributed by atoms with E-state index in [0.717, 1.165) is 11.8 Å². The summed E-state index contributed by atoms with van der Waals surface area (Å²) in [5.41, 5.74) is 1.69. The van der Waals surface area contributed by atoms with Crippen LogP contribution in [0.5, 0.6) is 0 Å². The number of halogens is 1. The first-order valence-electron chi connectivity index (χ1n) is 9.19. The molecule has 1 aliphatic heterocycles. The normalized spacial score (nSPS) is 17.2. The minimum atomic E-state index is -3.48. The van der Waals surface area contributed by atoms with Gasteiger partial charge in [-0.15, -0.1) is 0 Å². The lowest BCUT2D eigenvalue weighted by atomic mass is 9.93. The van der Waals surface area contributed by atoms with E-state index in [1.165, 1.54) is 17.1 Å². The molecule has 0 fully saturated rings. The van der Waals surface area contributed by atoms with E-state index in [0.29, 0.717) is 23.4 Å². The molecule has 1 N–H and O–H groups in total. The molecular weight excluding hydrogens is 393 g/mol. The highest BCUT2D eigenvalue weighted by Crippen LogP contribution is 2.37.